The van der Waals surface area contributed by atoms with Crippen LogP contribution >= 0.6 is 11.6 Å². The first-order valence-electron chi connectivity index (χ1n) is 9.18. The van der Waals surface area contributed by atoms with E-state index in [1.54, 1.807) is 0 Å². The first kappa shape index (κ1) is 24.0. The minimum Gasteiger partial charge on any atom is -0.373 e. The number of benzene rings is 1. The summed E-state index contributed by atoms with van der Waals surface area (Å²) >= 11 is 5.71. The summed E-state index contributed by atoms with van der Waals surface area (Å²) in [5.41, 5.74) is 0.0910. The molecule has 1 aromatic carbocycles. The van der Waals surface area contributed by atoms with Gasteiger partial charge >= 0.3 is 11.1 Å². The first-order valence-corrected chi connectivity index (χ1v) is 11.0. The van der Waals surface area contributed by atoms with Crippen LogP contribution in [0.3, 0.4) is 0 Å². The highest BCUT2D eigenvalue weighted by Crippen LogP contribution is 2.31. The molecule has 2 aliphatic rings. The van der Waals surface area contributed by atoms with Gasteiger partial charge in [0.15, 0.2) is 0 Å². The summed E-state index contributed by atoms with van der Waals surface area (Å²) in [6.07, 6.45) is 1.47. The van der Waals surface area contributed by atoms with Gasteiger partial charge in [-0.25, -0.2) is 0 Å². The molecule has 0 radical (unpaired) electrons. The van der Waals surface area contributed by atoms with Gasteiger partial charge in [0, 0.05) is 18.1 Å². The Bertz CT molecular complexity index is 1170. The Balaban J connectivity index is 0.000000186. The summed E-state index contributed by atoms with van der Waals surface area (Å²) in [7, 11) is -4.38. The van der Waals surface area contributed by atoms with Gasteiger partial charge in [0.05, 0.1) is 35.7 Å². The number of rotatable bonds is 7. The van der Waals surface area contributed by atoms with Crippen LogP contribution in [0.1, 0.15) is 18.1 Å². The molecule has 174 valence electrons. The second-order valence-electron chi connectivity index (χ2n) is 7.57. The minimum absolute atomic E-state index is 0.112. The summed E-state index contributed by atoms with van der Waals surface area (Å²) in [6, 6.07) is 2.13. The van der Waals surface area contributed by atoms with Crippen LogP contribution < -0.4 is 0 Å². The molecule has 0 saturated carbocycles. The van der Waals surface area contributed by atoms with E-state index in [1.165, 1.54) is 17.7 Å². The maximum absolute atomic E-state index is 11.1. The maximum Gasteiger partial charge on any atom is 0.383 e. The lowest BCUT2D eigenvalue weighted by Gasteiger charge is -2.09. The lowest BCUT2D eigenvalue weighted by Crippen LogP contribution is -2.14. The predicted octanol–water partition coefficient (Wildman–Crippen LogP) is 2.32. The fourth-order valence-electron chi connectivity index (χ4n) is 3.00. The van der Waals surface area contributed by atoms with E-state index < -0.39 is 20.0 Å². The van der Waals surface area contributed by atoms with Gasteiger partial charge < -0.3 is 19.6 Å². The molecule has 0 bridgehead atoms. The number of hydrogen-bond acceptors (Lipinski definition) is 9. The number of nitro groups is 2. The van der Waals surface area contributed by atoms with Crippen LogP contribution in [-0.4, -0.2) is 57.3 Å². The lowest BCUT2D eigenvalue weighted by molar-refractivity contribution is -0.389. The molecule has 1 N–H and O–H groups in total. The van der Waals surface area contributed by atoms with Gasteiger partial charge in [-0.15, -0.1) is 0 Å². The van der Waals surface area contributed by atoms with Crippen LogP contribution in [0.4, 0.5) is 11.5 Å². The zero-order valence-corrected chi connectivity index (χ0v) is 18.5. The van der Waals surface area contributed by atoms with Crippen molar-refractivity contribution in [1.82, 2.24) is 9.55 Å². The molecule has 2 aromatic rings. The lowest BCUT2D eigenvalue weighted by atomic mass is 10.0. The van der Waals surface area contributed by atoms with Gasteiger partial charge in [-0.3, -0.25) is 19.2 Å². The monoisotopic (exact) mass is 490 g/mol. The second kappa shape index (κ2) is 8.71. The maximum atomic E-state index is 11.1. The molecule has 0 amide bonds. The number of aromatic nitrogens is 2. The average Bonchev–Trinajstić information content (AvgIpc) is 3.59. The number of halogens is 1. The zero-order chi connectivity index (χ0) is 23.8. The SMILES string of the molecule is C[C@@]1(Cn2cc([N+](=O)[O-])nc2Cl)CO1.Cc1c(S(=O)(=O)O)ccc([N+](=O)[O-])c1C[C@H]1CO1. The number of epoxide rings is 2. The molecule has 1 aromatic heterocycles. The summed E-state index contributed by atoms with van der Waals surface area (Å²) in [4.78, 5) is 23.4. The van der Waals surface area contributed by atoms with Crippen molar-refractivity contribution in [2.75, 3.05) is 13.2 Å². The highest BCUT2D eigenvalue weighted by atomic mass is 35.5. The van der Waals surface area contributed by atoms with Crippen molar-refractivity contribution < 1.29 is 32.3 Å². The van der Waals surface area contributed by atoms with E-state index in [1.807, 2.05) is 6.92 Å². The summed E-state index contributed by atoms with van der Waals surface area (Å²) in [5, 5.41) is 21.4. The van der Waals surface area contributed by atoms with Crippen molar-refractivity contribution in [3.63, 3.8) is 0 Å². The van der Waals surface area contributed by atoms with E-state index in [9.17, 15) is 28.6 Å². The highest BCUT2D eigenvalue weighted by molar-refractivity contribution is 7.85. The van der Waals surface area contributed by atoms with E-state index >= 15 is 0 Å². The standard InChI is InChI=1S/C10H11NO6S.C7H8ClN3O3/c1-6-8(4-7-5-17-7)9(11(12)13)2-3-10(6)18(14,15)16;1-7(4-14-7)3-10-2-5(11(12)13)9-6(10)8/h2-3,7H,4-5H2,1H3,(H,14,15,16);2H,3-4H2,1H3/t2*7-/m01/s1. The second-order valence-corrected chi connectivity index (χ2v) is 9.30. The number of ether oxygens (including phenoxy) is 2. The topological polar surface area (TPSA) is 184 Å². The Morgan fingerprint density at radius 3 is 2.41 bits per heavy atom. The van der Waals surface area contributed by atoms with Crippen LogP contribution in [-0.2, 0) is 32.6 Å². The summed E-state index contributed by atoms with van der Waals surface area (Å²) < 4.78 is 43.0. The van der Waals surface area contributed by atoms with Gasteiger partial charge in [-0.1, -0.05) is 0 Å². The molecule has 0 unspecified atom stereocenters. The normalized spacial score (nSPS) is 21.4. The molecule has 2 saturated heterocycles. The van der Waals surface area contributed by atoms with E-state index in [0.29, 0.717) is 19.8 Å². The number of nitrogens with zero attached hydrogens (tertiary/aromatic N) is 4. The van der Waals surface area contributed by atoms with Crippen molar-refractivity contribution in [3.8, 4) is 0 Å². The fraction of sp³-hybridized carbons (Fsp3) is 0.471. The minimum atomic E-state index is -4.38. The Morgan fingerprint density at radius 1 is 1.34 bits per heavy atom. The Hall–Kier alpha value is -2.65. The van der Waals surface area contributed by atoms with E-state index in [4.69, 9.17) is 25.6 Å². The Kier molecular flexibility index (Phi) is 6.53. The van der Waals surface area contributed by atoms with Gasteiger partial charge in [-0.05, 0) is 47.0 Å². The third kappa shape index (κ3) is 5.77. The molecule has 13 nitrogen and oxygen atoms in total. The van der Waals surface area contributed by atoms with E-state index in [-0.39, 0.29) is 50.9 Å². The van der Waals surface area contributed by atoms with E-state index in [0.717, 1.165) is 12.1 Å². The molecule has 32 heavy (non-hydrogen) atoms. The fourth-order valence-corrected chi connectivity index (χ4v) is 3.94. The highest BCUT2D eigenvalue weighted by Gasteiger charge is 2.40. The third-order valence-corrected chi connectivity index (χ3v) is 6.18. The van der Waals surface area contributed by atoms with Crippen molar-refractivity contribution >= 4 is 33.2 Å². The largest absolute Gasteiger partial charge is 0.383 e. The Morgan fingerprint density at radius 2 is 1.97 bits per heavy atom. The number of hydrogen-bond donors (Lipinski definition) is 1. The first-order chi connectivity index (χ1) is 14.8. The van der Waals surface area contributed by atoms with Crippen molar-refractivity contribution in [2.24, 2.45) is 0 Å². The molecule has 0 spiro atoms. The van der Waals surface area contributed by atoms with Gasteiger partial charge in [0.1, 0.15) is 11.8 Å². The Labute approximate surface area is 187 Å². The molecular formula is C17H19ClN4O9S. The predicted molar refractivity (Wildman–Crippen MR) is 109 cm³/mol. The van der Waals surface area contributed by atoms with Crippen molar-refractivity contribution in [1.29, 1.82) is 0 Å². The van der Waals surface area contributed by atoms with Crippen molar-refractivity contribution in [2.45, 2.75) is 43.4 Å². The van der Waals surface area contributed by atoms with Crippen LogP contribution in [0.5, 0.6) is 0 Å². The molecule has 2 aliphatic heterocycles. The quantitative estimate of drug-likeness (QED) is 0.261. The average molecular weight is 491 g/mol. The molecule has 15 heteroatoms. The van der Waals surface area contributed by atoms with Gasteiger partial charge in [0.2, 0.25) is 0 Å². The smallest absolute Gasteiger partial charge is 0.373 e. The molecule has 2 fully saturated rings. The summed E-state index contributed by atoms with van der Waals surface area (Å²) in [5.74, 6) is -0.237. The third-order valence-electron chi connectivity index (χ3n) is 4.88. The molecular weight excluding hydrogens is 472 g/mol. The zero-order valence-electron chi connectivity index (χ0n) is 16.9. The van der Waals surface area contributed by atoms with Crippen LogP contribution in [0.15, 0.2) is 23.2 Å². The molecule has 4 rings (SSSR count). The van der Waals surface area contributed by atoms with Crippen LogP contribution in [0, 0.1) is 27.2 Å². The molecule has 2 atom stereocenters. The summed E-state index contributed by atoms with van der Waals surface area (Å²) in [6.45, 7) is 5.00. The molecule has 3 heterocycles. The number of nitro benzene ring substituents is 1. The van der Waals surface area contributed by atoms with Gasteiger partial charge in [0.25, 0.3) is 15.8 Å². The number of imidazole rings is 1. The van der Waals surface area contributed by atoms with Gasteiger partial charge in [-0.2, -0.15) is 8.42 Å². The van der Waals surface area contributed by atoms with E-state index in [2.05, 4.69) is 4.98 Å². The van der Waals surface area contributed by atoms with Crippen LogP contribution in [0.25, 0.3) is 0 Å². The van der Waals surface area contributed by atoms with Crippen molar-refractivity contribution in [3.05, 3.63) is 55.0 Å². The molecule has 0 aliphatic carbocycles. The van der Waals surface area contributed by atoms with Crippen LogP contribution in [0.2, 0.25) is 5.28 Å².